The average Bonchev–Trinajstić information content (AvgIpc) is 3.38. The predicted octanol–water partition coefficient (Wildman–Crippen LogP) is 3.80. The number of carbonyl (C=O) groups excluding carboxylic acids is 2. The Morgan fingerprint density at radius 3 is 2.28 bits per heavy atom. The molecular formula is C25H31N2O8P. The van der Waals surface area contributed by atoms with Crippen molar-refractivity contribution in [2.75, 3.05) is 13.7 Å². The van der Waals surface area contributed by atoms with Crippen molar-refractivity contribution in [1.29, 1.82) is 0 Å². The molecule has 36 heavy (non-hydrogen) atoms. The summed E-state index contributed by atoms with van der Waals surface area (Å²) >= 11 is 0. The van der Waals surface area contributed by atoms with E-state index in [4.69, 9.17) is 13.8 Å². The van der Waals surface area contributed by atoms with Crippen LogP contribution in [-0.2, 0) is 41.0 Å². The van der Waals surface area contributed by atoms with Crippen LogP contribution in [0.25, 0.3) is 0 Å². The summed E-state index contributed by atoms with van der Waals surface area (Å²) in [6.45, 7) is 1.65. The van der Waals surface area contributed by atoms with Gasteiger partial charge in [-0.2, -0.15) is 0 Å². The van der Waals surface area contributed by atoms with E-state index in [1.165, 1.54) is 18.9 Å². The minimum absolute atomic E-state index is 0.00327. The third-order valence-corrected chi connectivity index (χ3v) is 8.07. The fourth-order valence-electron chi connectivity index (χ4n) is 4.01. The van der Waals surface area contributed by atoms with Gasteiger partial charge in [-0.25, -0.2) is 9.59 Å². The summed E-state index contributed by atoms with van der Waals surface area (Å²) in [6.07, 6.45) is -1.14. The van der Waals surface area contributed by atoms with Gasteiger partial charge in [-0.15, -0.1) is 0 Å². The van der Waals surface area contributed by atoms with E-state index in [9.17, 15) is 24.1 Å². The van der Waals surface area contributed by atoms with Crippen LogP contribution in [-0.4, -0.2) is 59.6 Å². The standard InChI is InChI=1S/C25H31N2O8P/c1-18(23(28)27-15-9-14-21(27)24(29)30)35-36(32,33-2)22(16-19-10-5-3-6-11-19)26-25(31)34-17-20-12-7-4-8-13-20/h3-8,10-13,18,21-22H,9,14-17H2,1-2H3,(H,26,31)(H,29,30)/t18?,21-,22-,36?/m0/s1. The highest BCUT2D eigenvalue weighted by molar-refractivity contribution is 7.54. The predicted molar refractivity (Wildman–Crippen MR) is 131 cm³/mol. The van der Waals surface area contributed by atoms with Crippen molar-refractivity contribution in [2.45, 2.75) is 50.7 Å². The van der Waals surface area contributed by atoms with Crippen molar-refractivity contribution in [1.82, 2.24) is 10.2 Å². The lowest BCUT2D eigenvalue weighted by atomic mass is 10.1. The zero-order valence-electron chi connectivity index (χ0n) is 20.2. The first kappa shape index (κ1) is 27.4. The number of carbonyl (C=O) groups is 3. The molecule has 0 bridgehead atoms. The lowest BCUT2D eigenvalue weighted by Crippen LogP contribution is -2.46. The van der Waals surface area contributed by atoms with Crippen molar-refractivity contribution in [2.24, 2.45) is 0 Å². The molecule has 1 heterocycles. The second-order valence-corrected chi connectivity index (χ2v) is 10.7. The molecule has 1 aliphatic heterocycles. The number of nitrogens with one attached hydrogen (secondary N) is 1. The average molecular weight is 519 g/mol. The summed E-state index contributed by atoms with van der Waals surface area (Å²) in [6, 6.07) is 17.1. The summed E-state index contributed by atoms with van der Waals surface area (Å²) in [7, 11) is -2.96. The molecule has 1 fully saturated rings. The molecule has 2 N–H and O–H groups in total. The molecule has 1 aliphatic rings. The molecule has 11 heteroatoms. The molecule has 2 amide bonds. The van der Waals surface area contributed by atoms with E-state index in [1.54, 1.807) is 36.4 Å². The van der Waals surface area contributed by atoms with Crippen LogP contribution in [0.2, 0.25) is 0 Å². The number of hydrogen-bond donors (Lipinski definition) is 2. The van der Waals surface area contributed by atoms with Gasteiger partial charge in [0.25, 0.3) is 5.91 Å². The van der Waals surface area contributed by atoms with Gasteiger partial charge in [0.2, 0.25) is 0 Å². The molecule has 2 aromatic carbocycles. The molecule has 0 saturated carbocycles. The van der Waals surface area contributed by atoms with Gasteiger partial charge < -0.3 is 24.6 Å². The summed E-state index contributed by atoms with van der Waals surface area (Å²) in [4.78, 5) is 38.3. The second-order valence-electron chi connectivity index (χ2n) is 8.41. The fourth-order valence-corrected chi connectivity index (χ4v) is 5.73. The number of carboxylic acid groups (broad SMARTS) is 1. The number of aliphatic carboxylic acids is 1. The van der Waals surface area contributed by atoms with Crippen LogP contribution in [0.5, 0.6) is 0 Å². The molecule has 0 radical (unpaired) electrons. The van der Waals surface area contributed by atoms with Crippen LogP contribution >= 0.6 is 7.60 Å². The Hall–Kier alpha value is -3.20. The van der Waals surface area contributed by atoms with E-state index < -0.39 is 43.5 Å². The maximum atomic E-state index is 13.8. The highest BCUT2D eigenvalue weighted by Crippen LogP contribution is 2.53. The minimum atomic E-state index is -4.13. The van der Waals surface area contributed by atoms with Crippen molar-refractivity contribution >= 4 is 25.6 Å². The summed E-state index contributed by atoms with van der Waals surface area (Å²) in [5, 5.41) is 12.0. The molecule has 2 unspecified atom stereocenters. The van der Waals surface area contributed by atoms with Crippen molar-refractivity contribution in [3.8, 4) is 0 Å². The molecule has 0 aromatic heterocycles. The summed E-state index contributed by atoms with van der Waals surface area (Å²) in [5.41, 5.74) is 1.52. The summed E-state index contributed by atoms with van der Waals surface area (Å²) < 4.78 is 30.1. The third kappa shape index (κ3) is 7.16. The van der Waals surface area contributed by atoms with Crippen LogP contribution in [0.1, 0.15) is 30.9 Å². The largest absolute Gasteiger partial charge is 0.480 e. The van der Waals surface area contributed by atoms with E-state index >= 15 is 0 Å². The monoisotopic (exact) mass is 518 g/mol. The molecule has 0 aliphatic carbocycles. The number of amides is 2. The second kappa shape index (κ2) is 12.7. The third-order valence-electron chi connectivity index (χ3n) is 5.88. The first-order valence-electron chi connectivity index (χ1n) is 11.6. The first-order valence-corrected chi connectivity index (χ1v) is 13.2. The first-order chi connectivity index (χ1) is 17.2. The van der Waals surface area contributed by atoms with Crippen LogP contribution in [0, 0.1) is 0 Å². The number of ether oxygens (including phenoxy) is 1. The lowest BCUT2D eigenvalue weighted by Gasteiger charge is -2.30. The van der Waals surface area contributed by atoms with Crippen molar-refractivity contribution in [3.05, 3.63) is 71.8 Å². The number of carboxylic acids is 1. The maximum Gasteiger partial charge on any atom is 0.408 e. The Morgan fingerprint density at radius 1 is 1.08 bits per heavy atom. The Kier molecular flexibility index (Phi) is 9.64. The number of nitrogens with zero attached hydrogens (tertiary/aromatic N) is 1. The maximum absolute atomic E-state index is 13.8. The highest BCUT2D eigenvalue weighted by Gasteiger charge is 2.43. The molecule has 4 atom stereocenters. The molecular weight excluding hydrogens is 487 g/mol. The van der Waals surface area contributed by atoms with Gasteiger partial charge in [-0.05, 0) is 30.9 Å². The SMILES string of the molecule is COP(=O)(OC(C)C(=O)N1CCC[C@H]1C(=O)O)[C@@H](Cc1ccccc1)NC(=O)OCc1ccccc1. The van der Waals surface area contributed by atoms with Crippen molar-refractivity contribution < 1.29 is 37.8 Å². The molecule has 0 spiro atoms. The van der Waals surface area contributed by atoms with Crippen LogP contribution in [0.4, 0.5) is 4.79 Å². The van der Waals surface area contributed by atoms with Crippen molar-refractivity contribution in [3.63, 3.8) is 0 Å². The zero-order chi connectivity index (χ0) is 26.1. The number of alkyl carbamates (subject to hydrolysis) is 1. The van der Waals surface area contributed by atoms with Crippen LogP contribution in [0.15, 0.2) is 60.7 Å². The van der Waals surface area contributed by atoms with Gasteiger partial charge >= 0.3 is 19.7 Å². The Bertz CT molecular complexity index is 1080. The number of likely N-dealkylation sites (tertiary alicyclic amines) is 1. The van der Waals surface area contributed by atoms with Crippen LogP contribution in [0.3, 0.4) is 0 Å². The van der Waals surface area contributed by atoms with E-state index in [2.05, 4.69) is 5.32 Å². The summed E-state index contributed by atoms with van der Waals surface area (Å²) in [5.74, 6) is -2.88. The smallest absolute Gasteiger partial charge is 0.408 e. The van der Waals surface area contributed by atoms with Gasteiger partial charge in [-0.1, -0.05) is 60.7 Å². The van der Waals surface area contributed by atoms with Gasteiger partial charge in [-0.3, -0.25) is 13.9 Å². The van der Waals surface area contributed by atoms with Crippen LogP contribution < -0.4 is 5.32 Å². The molecule has 1 saturated heterocycles. The Labute approximate surface area is 210 Å². The number of rotatable bonds is 11. The quantitative estimate of drug-likeness (QED) is 0.430. The molecule has 10 nitrogen and oxygen atoms in total. The highest BCUT2D eigenvalue weighted by atomic mass is 31.2. The van der Waals surface area contributed by atoms with E-state index in [1.807, 2.05) is 24.3 Å². The fraction of sp³-hybridized carbons (Fsp3) is 0.400. The normalized spacial score (nSPS) is 18.6. The molecule has 194 valence electrons. The number of hydrogen-bond acceptors (Lipinski definition) is 7. The molecule has 3 rings (SSSR count). The zero-order valence-corrected chi connectivity index (χ0v) is 21.1. The minimum Gasteiger partial charge on any atom is -0.480 e. The van der Waals surface area contributed by atoms with E-state index in [-0.39, 0.29) is 19.6 Å². The van der Waals surface area contributed by atoms with Gasteiger partial charge in [0.1, 0.15) is 24.5 Å². The van der Waals surface area contributed by atoms with Gasteiger partial charge in [0.05, 0.1) is 0 Å². The number of benzene rings is 2. The van der Waals surface area contributed by atoms with Gasteiger partial charge in [0, 0.05) is 20.1 Å². The Morgan fingerprint density at radius 2 is 1.69 bits per heavy atom. The molecule has 2 aromatic rings. The lowest BCUT2D eigenvalue weighted by molar-refractivity contribution is -0.151. The van der Waals surface area contributed by atoms with Gasteiger partial charge in [0.15, 0.2) is 0 Å². The Balaban J connectivity index is 1.75. The van der Waals surface area contributed by atoms with E-state index in [0.717, 1.165) is 11.1 Å². The van der Waals surface area contributed by atoms with E-state index in [0.29, 0.717) is 12.8 Å². The topological polar surface area (TPSA) is 131 Å².